The van der Waals surface area contributed by atoms with Crippen LogP contribution in [0.1, 0.15) is 5.56 Å². The van der Waals surface area contributed by atoms with Crippen molar-refractivity contribution in [3.63, 3.8) is 0 Å². The molecule has 0 spiro atoms. The van der Waals surface area contributed by atoms with Crippen LogP contribution in [-0.2, 0) is 6.61 Å². The predicted molar refractivity (Wildman–Crippen MR) is 68.9 cm³/mol. The van der Waals surface area contributed by atoms with Crippen molar-refractivity contribution in [2.75, 3.05) is 5.32 Å². The summed E-state index contributed by atoms with van der Waals surface area (Å²) >= 11 is 0. The fourth-order valence-corrected chi connectivity index (χ4v) is 1.50. The summed E-state index contributed by atoms with van der Waals surface area (Å²) in [6.45, 7) is 0.493. The zero-order valence-corrected chi connectivity index (χ0v) is 9.67. The van der Waals surface area contributed by atoms with E-state index in [1.807, 2.05) is 30.3 Å². The highest BCUT2D eigenvalue weighted by Gasteiger charge is 1.99. The summed E-state index contributed by atoms with van der Waals surface area (Å²) in [6.07, 6.45) is -1.08. The van der Waals surface area contributed by atoms with Gasteiger partial charge in [0.1, 0.15) is 12.4 Å². The average molecular weight is 243 g/mol. The van der Waals surface area contributed by atoms with Crippen LogP contribution in [0.25, 0.3) is 0 Å². The molecule has 18 heavy (non-hydrogen) atoms. The molecule has 0 saturated carbocycles. The molecule has 0 aliphatic heterocycles. The van der Waals surface area contributed by atoms with E-state index in [1.54, 1.807) is 24.3 Å². The van der Waals surface area contributed by atoms with Gasteiger partial charge in [-0.05, 0) is 29.8 Å². The molecule has 2 aromatic carbocycles. The molecule has 0 aromatic heterocycles. The summed E-state index contributed by atoms with van der Waals surface area (Å²) in [4.78, 5) is 10.4. The molecule has 0 aliphatic carbocycles. The summed E-state index contributed by atoms with van der Waals surface area (Å²) in [5.41, 5.74) is 1.61. The maximum absolute atomic E-state index is 10.4. The van der Waals surface area contributed by atoms with Crippen LogP contribution in [0.4, 0.5) is 10.5 Å². The van der Waals surface area contributed by atoms with Crippen molar-refractivity contribution in [2.45, 2.75) is 6.61 Å². The van der Waals surface area contributed by atoms with Gasteiger partial charge < -0.3 is 9.84 Å². The summed E-state index contributed by atoms with van der Waals surface area (Å²) in [7, 11) is 0. The highest BCUT2D eigenvalue weighted by molar-refractivity contribution is 5.82. The monoisotopic (exact) mass is 243 g/mol. The lowest BCUT2D eigenvalue weighted by Crippen LogP contribution is -2.06. The number of carbonyl (C=O) groups is 1. The van der Waals surface area contributed by atoms with Gasteiger partial charge >= 0.3 is 6.09 Å². The number of benzene rings is 2. The van der Waals surface area contributed by atoms with E-state index >= 15 is 0 Å². The SMILES string of the molecule is O=C(O)Nc1ccc(OCc2ccccc2)cc1. The number of rotatable bonds is 4. The molecule has 0 aliphatic rings. The fourth-order valence-electron chi connectivity index (χ4n) is 1.50. The Morgan fingerprint density at radius 3 is 2.33 bits per heavy atom. The van der Waals surface area contributed by atoms with Crippen LogP contribution in [0.3, 0.4) is 0 Å². The largest absolute Gasteiger partial charge is 0.489 e. The smallest absolute Gasteiger partial charge is 0.409 e. The Kier molecular flexibility index (Phi) is 3.81. The summed E-state index contributed by atoms with van der Waals surface area (Å²) in [5.74, 6) is 0.704. The number of amides is 1. The third kappa shape index (κ3) is 3.52. The summed E-state index contributed by atoms with van der Waals surface area (Å²) in [5, 5.41) is 10.8. The second-order valence-electron chi connectivity index (χ2n) is 3.73. The Bertz CT molecular complexity index is 508. The number of ether oxygens (including phenoxy) is 1. The molecule has 1 amide bonds. The van der Waals surface area contributed by atoms with Crippen molar-refractivity contribution in [1.29, 1.82) is 0 Å². The third-order valence-corrected chi connectivity index (χ3v) is 2.35. The van der Waals surface area contributed by atoms with Crippen molar-refractivity contribution in [1.82, 2.24) is 0 Å². The second kappa shape index (κ2) is 5.72. The summed E-state index contributed by atoms with van der Waals surface area (Å²) < 4.78 is 5.58. The van der Waals surface area contributed by atoms with E-state index in [0.717, 1.165) is 5.56 Å². The topological polar surface area (TPSA) is 58.6 Å². The number of anilines is 1. The predicted octanol–water partition coefficient (Wildman–Crippen LogP) is 3.36. The molecule has 92 valence electrons. The zero-order chi connectivity index (χ0) is 12.8. The molecule has 0 heterocycles. The quantitative estimate of drug-likeness (QED) is 0.865. The third-order valence-electron chi connectivity index (χ3n) is 2.35. The van der Waals surface area contributed by atoms with Gasteiger partial charge in [0.05, 0.1) is 0 Å². The maximum atomic E-state index is 10.4. The molecule has 0 bridgehead atoms. The van der Waals surface area contributed by atoms with E-state index in [1.165, 1.54) is 0 Å². The lowest BCUT2D eigenvalue weighted by atomic mass is 10.2. The molecular formula is C14H13NO3. The first-order valence-electron chi connectivity index (χ1n) is 5.51. The highest BCUT2D eigenvalue weighted by atomic mass is 16.5. The maximum Gasteiger partial charge on any atom is 0.409 e. The van der Waals surface area contributed by atoms with Crippen LogP contribution in [0.5, 0.6) is 5.75 Å². The highest BCUT2D eigenvalue weighted by Crippen LogP contribution is 2.16. The van der Waals surface area contributed by atoms with Gasteiger partial charge in [0.25, 0.3) is 0 Å². The van der Waals surface area contributed by atoms with Crippen molar-refractivity contribution < 1.29 is 14.6 Å². The second-order valence-corrected chi connectivity index (χ2v) is 3.73. The van der Waals surface area contributed by atoms with Crippen molar-refractivity contribution in [3.05, 3.63) is 60.2 Å². The molecular weight excluding hydrogens is 230 g/mol. The van der Waals surface area contributed by atoms with E-state index < -0.39 is 6.09 Å². The van der Waals surface area contributed by atoms with Crippen LogP contribution in [0, 0.1) is 0 Å². The lowest BCUT2D eigenvalue weighted by Gasteiger charge is -2.07. The standard InChI is InChI=1S/C14H13NO3/c16-14(17)15-12-6-8-13(9-7-12)18-10-11-4-2-1-3-5-11/h1-9,15H,10H2,(H,16,17). The molecule has 0 unspecified atom stereocenters. The molecule has 4 heteroatoms. The van der Waals surface area contributed by atoms with Gasteiger partial charge in [-0.25, -0.2) is 4.79 Å². The molecule has 2 aromatic rings. The molecule has 0 saturated heterocycles. The van der Waals surface area contributed by atoms with Crippen molar-refractivity contribution >= 4 is 11.8 Å². The first-order chi connectivity index (χ1) is 8.74. The van der Waals surface area contributed by atoms with Gasteiger partial charge in [0.15, 0.2) is 0 Å². The average Bonchev–Trinajstić information content (AvgIpc) is 2.38. The van der Waals surface area contributed by atoms with Crippen LogP contribution < -0.4 is 10.1 Å². The van der Waals surface area contributed by atoms with Gasteiger partial charge in [-0.2, -0.15) is 0 Å². The van der Waals surface area contributed by atoms with Crippen LogP contribution in [-0.4, -0.2) is 11.2 Å². The minimum absolute atomic E-state index is 0.493. The van der Waals surface area contributed by atoms with Crippen LogP contribution >= 0.6 is 0 Å². The van der Waals surface area contributed by atoms with Gasteiger partial charge in [0.2, 0.25) is 0 Å². The van der Waals surface area contributed by atoms with Crippen LogP contribution in [0.2, 0.25) is 0 Å². The van der Waals surface area contributed by atoms with E-state index in [-0.39, 0.29) is 0 Å². The number of hydrogen-bond donors (Lipinski definition) is 2. The normalized spacial score (nSPS) is 9.78. The molecule has 0 atom stereocenters. The van der Waals surface area contributed by atoms with E-state index in [2.05, 4.69) is 5.32 Å². The summed E-state index contributed by atoms with van der Waals surface area (Å²) in [6, 6.07) is 16.6. The van der Waals surface area contributed by atoms with E-state index in [4.69, 9.17) is 9.84 Å². The van der Waals surface area contributed by atoms with Gasteiger partial charge in [-0.1, -0.05) is 30.3 Å². The molecule has 0 fully saturated rings. The van der Waals surface area contributed by atoms with Gasteiger partial charge in [0, 0.05) is 5.69 Å². The Morgan fingerprint density at radius 2 is 1.72 bits per heavy atom. The lowest BCUT2D eigenvalue weighted by molar-refractivity contribution is 0.209. The minimum Gasteiger partial charge on any atom is -0.489 e. The molecule has 0 radical (unpaired) electrons. The van der Waals surface area contributed by atoms with Crippen molar-refractivity contribution in [2.24, 2.45) is 0 Å². The van der Waals surface area contributed by atoms with E-state index in [0.29, 0.717) is 18.0 Å². The fraction of sp³-hybridized carbons (Fsp3) is 0.0714. The van der Waals surface area contributed by atoms with Crippen LogP contribution in [0.15, 0.2) is 54.6 Å². The van der Waals surface area contributed by atoms with Gasteiger partial charge in [-0.3, -0.25) is 5.32 Å². The molecule has 2 rings (SSSR count). The zero-order valence-electron chi connectivity index (χ0n) is 9.67. The Morgan fingerprint density at radius 1 is 1.06 bits per heavy atom. The van der Waals surface area contributed by atoms with Gasteiger partial charge in [-0.15, -0.1) is 0 Å². The molecule has 4 nitrogen and oxygen atoms in total. The number of nitrogens with one attached hydrogen (secondary N) is 1. The Balaban J connectivity index is 1.92. The van der Waals surface area contributed by atoms with E-state index in [9.17, 15) is 4.79 Å². The Labute approximate surface area is 105 Å². The first kappa shape index (κ1) is 12.0. The molecule has 2 N–H and O–H groups in total. The first-order valence-corrected chi connectivity index (χ1v) is 5.51. The number of carboxylic acid groups (broad SMARTS) is 1. The Hall–Kier alpha value is -2.49. The number of hydrogen-bond acceptors (Lipinski definition) is 2. The minimum atomic E-state index is -1.08. The van der Waals surface area contributed by atoms with Crippen molar-refractivity contribution in [3.8, 4) is 5.75 Å².